The van der Waals surface area contributed by atoms with Crippen LogP contribution >= 0.6 is 11.8 Å². The second kappa shape index (κ2) is 8.61. The van der Waals surface area contributed by atoms with Crippen LogP contribution in [0.1, 0.15) is 0 Å². The van der Waals surface area contributed by atoms with Gasteiger partial charge in [-0.1, -0.05) is 0 Å². The normalized spacial score (nSPS) is 13.1. The Morgan fingerprint density at radius 2 is 0.824 bits per heavy atom. The van der Waals surface area contributed by atoms with Crippen LogP contribution < -0.4 is 0 Å². The molecule has 0 rings (SSSR count). The van der Waals surface area contributed by atoms with E-state index in [4.69, 9.17) is 26.6 Å². The highest BCUT2D eigenvalue weighted by molar-refractivity contribution is 8.02. The monoisotopic (exact) mass is 302 g/mol. The van der Waals surface area contributed by atoms with Crippen molar-refractivity contribution in [1.29, 1.82) is 0 Å². The molecule has 0 atom stereocenters. The first-order valence-electron chi connectivity index (χ1n) is 4.96. The van der Waals surface area contributed by atoms with Gasteiger partial charge in [-0.15, -0.1) is 0 Å². The van der Waals surface area contributed by atoms with Crippen molar-refractivity contribution < 1.29 is 26.6 Å². The minimum absolute atomic E-state index is 0.626. The topological polar surface area (TPSA) is 55.4 Å². The molecule has 0 spiro atoms. The summed E-state index contributed by atoms with van der Waals surface area (Å²) in [6, 6.07) is 0. The summed E-state index contributed by atoms with van der Waals surface area (Å²) in [4.78, 5) is 0. The number of rotatable bonds is 10. The summed E-state index contributed by atoms with van der Waals surface area (Å²) in [5, 5.41) is 1.25. The molecule has 0 aromatic rings. The standard InChI is InChI=1S/C8H22O6SSi2/c1-9-16(10-2,11-3)7-15-8-17(12-4,13-5)14-6/h7-8H2,1-6H3. The lowest BCUT2D eigenvalue weighted by Gasteiger charge is -2.27. The lowest BCUT2D eigenvalue weighted by atomic mass is 11.8. The van der Waals surface area contributed by atoms with E-state index in [0.29, 0.717) is 10.8 Å². The third-order valence-electron chi connectivity index (χ3n) is 2.42. The molecule has 0 fully saturated rings. The molecule has 6 nitrogen and oxygen atoms in total. The Morgan fingerprint density at radius 1 is 0.588 bits per heavy atom. The molecule has 0 amide bonds. The maximum Gasteiger partial charge on any atom is 0.510 e. The van der Waals surface area contributed by atoms with Crippen molar-refractivity contribution in [2.45, 2.75) is 0 Å². The molecule has 0 bridgehead atoms. The molecule has 0 saturated heterocycles. The molecular formula is C8H22O6SSi2. The Kier molecular flexibility index (Phi) is 8.89. The van der Waals surface area contributed by atoms with E-state index >= 15 is 0 Å². The van der Waals surface area contributed by atoms with Crippen LogP contribution in [-0.4, -0.2) is 71.0 Å². The van der Waals surface area contributed by atoms with Gasteiger partial charge in [-0.25, -0.2) is 0 Å². The van der Waals surface area contributed by atoms with Gasteiger partial charge in [0, 0.05) is 42.7 Å². The van der Waals surface area contributed by atoms with Crippen molar-refractivity contribution in [1.82, 2.24) is 0 Å². The van der Waals surface area contributed by atoms with Gasteiger partial charge in [0.2, 0.25) is 0 Å². The van der Waals surface area contributed by atoms with E-state index in [-0.39, 0.29) is 0 Å². The van der Waals surface area contributed by atoms with Crippen molar-refractivity contribution >= 4 is 29.4 Å². The molecule has 0 saturated carbocycles. The molecular weight excluding hydrogens is 280 g/mol. The van der Waals surface area contributed by atoms with E-state index in [2.05, 4.69) is 0 Å². The number of thioether (sulfide) groups is 1. The van der Waals surface area contributed by atoms with Crippen LogP contribution in [0, 0.1) is 0 Å². The highest BCUT2D eigenvalue weighted by Crippen LogP contribution is 2.19. The molecule has 9 heteroatoms. The minimum Gasteiger partial charge on any atom is -0.376 e. The first-order valence-corrected chi connectivity index (χ1v) is 9.98. The molecule has 17 heavy (non-hydrogen) atoms. The zero-order valence-corrected chi connectivity index (χ0v) is 14.1. The smallest absolute Gasteiger partial charge is 0.376 e. The van der Waals surface area contributed by atoms with Crippen LogP contribution in [0.15, 0.2) is 0 Å². The predicted molar refractivity (Wildman–Crippen MR) is 70.9 cm³/mol. The zero-order chi connectivity index (χ0) is 13.4. The van der Waals surface area contributed by atoms with E-state index in [9.17, 15) is 0 Å². The molecule has 0 unspecified atom stereocenters. The fourth-order valence-corrected chi connectivity index (χ4v) is 8.31. The van der Waals surface area contributed by atoms with Crippen molar-refractivity contribution in [3.63, 3.8) is 0 Å². The fourth-order valence-electron chi connectivity index (χ4n) is 1.15. The van der Waals surface area contributed by atoms with E-state index < -0.39 is 17.6 Å². The molecule has 104 valence electrons. The maximum absolute atomic E-state index is 5.32. The van der Waals surface area contributed by atoms with Crippen LogP contribution in [-0.2, 0) is 26.6 Å². The Hall–Kier alpha value is 0.544. The Bertz CT molecular complexity index is 164. The summed E-state index contributed by atoms with van der Waals surface area (Å²) in [6.07, 6.45) is 0. The SMILES string of the molecule is CO[Si](CSC[Si](OC)(OC)OC)(OC)OC. The van der Waals surface area contributed by atoms with Gasteiger partial charge < -0.3 is 26.6 Å². The van der Waals surface area contributed by atoms with Gasteiger partial charge in [0.25, 0.3) is 0 Å². The van der Waals surface area contributed by atoms with Crippen LogP contribution in [0.4, 0.5) is 0 Å². The maximum atomic E-state index is 5.32. The lowest BCUT2D eigenvalue weighted by molar-refractivity contribution is 0.129. The summed E-state index contributed by atoms with van der Waals surface area (Å²) in [7, 11) is 4.47. The molecule has 0 aliphatic carbocycles. The van der Waals surface area contributed by atoms with E-state index in [0.717, 1.165) is 0 Å². The fraction of sp³-hybridized carbons (Fsp3) is 1.00. The Morgan fingerprint density at radius 3 is 1.00 bits per heavy atom. The van der Waals surface area contributed by atoms with Gasteiger partial charge in [0.05, 0.1) is 10.8 Å². The summed E-state index contributed by atoms with van der Waals surface area (Å²) in [5.41, 5.74) is 0. The molecule has 0 aromatic heterocycles. The van der Waals surface area contributed by atoms with Crippen molar-refractivity contribution in [3.05, 3.63) is 0 Å². The summed E-state index contributed by atoms with van der Waals surface area (Å²) >= 11 is 1.59. The number of hydrogen-bond donors (Lipinski definition) is 0. The molecule has 0 radical (unpaired) electrons. The summed E-state index contributed by atoms with van der Waals surface area (Å²) < 4.78 is 31.9. The highest BCUT2D eigenvalue weighted by Gasteiger charge is 2.42. The summed E-state index contributed by atoms with van der Waals surface area (Å²) in [5.74, 6) is 0. The third-order valence-corrected chi connectivity index (χ3v) is 10.6. The van der Waals surface area contributed by atoms with Crippen LogP contribution in [0.3, 0.4) is 0 Å². The molecule has 0 aromatic carbocycles. The van der Waals surface area contributed by atoms with Crippen molar-refractivity contribution in [3.8, 4) is 0 Å². The minimum atomic E-state index is -2.54. The largest absolute Gasteiger partial charge is 0.510 e. The first-order chi connectivity index (χ1) is 8.07. The van der Waals surface area contributed by atoms with E-state index in [1.54, 1.807) is 54.4 Å². The van der Waals surface area contributed by atoms with Crippen LogP contribution in [0.25, 0.3) is 0 Å². The van der Waals surface area contributed by atoms with Gasteiger partial charge in [-0.3, -0.25) is 0 Å². The van der Waals surface area contributed by atoms with Crippen LogP contribution in [0.5, 0.6) is 0 Å². The van der Waals surface area contributed by atoms with E-state index in [1.165, 1.54) is 0 Å². The summed E-state index contributed by atoms with van der Waals surface area (Å²) in [6.45, 7) is 0. The van der Waals surface area contributed by atoms with Crippen LogP contribution in [0.2, 0.25) is 0 Å². The molecule has 0 heterocycles. The first kappa shape index (κ1) is 17.5. The van der Waals surface area contributed by atoms with Gasteiger partial charge in [0.15, 0.2) is 0 Å². The van der Waals surface area contributed by atoms with Crippen molar-refractivity contribution in [2.24, 2.45) is 0 Å². The van der Waals surface area contributed by atoms with Crippen molar-refractivity contribution in [2.75, 3.05) is 53.4 Å². The van der Waals surface area contributed by atoms with E-state index in [1.807, 2.05) is 0 Å². The second-order valence-corrected chi connectivity index (χ2v) is 11.0. The van der Waals surface area contributed by atoms with Gasteiger partial charge in [-0.05, 0) is 0 Å². The second-order valence-electron chi connectivity index (χ2n) is 3.08. The third kappa shape index (κ3) is 4.97. The molecule has 0 aliphatic rings. The Labute approximate surface area is 110 Å². The van der Waals surface area contributed by atoms with Gasteiger partial charge in [0.1, 0.15) is 0 Å². The zero-order valence-electron chi connectivity index (χ0n) is 11.3. The van der Waals surface area contributed by atoms with Gasteiger partial charge in [-0.2, -0.15) is 11.8 Å². The quantitative estimate of drug-likeness (QED) is 0.546. The van der Waals surface area contributed by atoms with Gasteiger partial charge >= 0.3 is 17.6 Å². The predicted octanol–water partition coefficient (Wildman–Crippen LogP) is 0.554. The lowest BCUT2D eigenvalue weighted by Crippen LogP contribution is -2.49. The number of hydrogen-bond acceptors (Lipinski definition) is 7. The Balaban J connectivity index is 4.28. The average molecular weight is 302 g/mol. The molecule has 0 aliphatic heterocycles. The highest BCUT2D eigenvalue weighted by atomic mass is 32.2. The molecule has 0 N–H and O–H groups in total. The average Bonchev–Trinajstić information content (AvgIpc) is 2.41.